The summed E-state index contributed by atoms with van der Waals surface area (Å²) < 4.78 is 0. The van der Waals surface area contributed by atoms with Crippen LogP contribution in [0.25, 0.3) is 32.9 Å². The highest BCUT2D eigenvalue weighted by atomic mass is 35.5. The second-order valence-corrected chi connectivity index (χ2v) is 7.80. The first-order valence-electron chi connectivity index (χ1n) is 9.18. The van der Waals surface area contributed by atoms with E-state index in [2.05, 4.69) is 4.98 Å². The van der Waals surface area contributed by atoms with Crippen LogP contribution in [-0.4, -0.2) is 23.3 Å². The highest BCUT2D eigenvalue weighted by molar-refractivity contribution is 6.42. The van der Waals surface area contributed by atoms with Crippen molar-refractivity contribution in [3.8, 4) is 11.1 Å². The molecule has 7 N–H and O–H groups in total. The molecule has 0 atom stereocenters. The largest absolute Gasteiger partial charge is 0.366 e. The maximum atomic E-state index is 12.5. The van der Waals surface area contributed by atoms with Gasteiger partial charge in [0, 0.05) is 21.9 Å². The van der Waals surface area contributed by atoms with Crippen LogP contribution in [0.1, 0.15) is 26.3 Å². The number of aromatic amines is 1. The van der Waals surface area contributed by atoms with E-state index in [-0.39, 0.29) is 0 Å². The molecule has 2 amide bonds. The summed E-state index contributed by atoms with van der Waals surface area (Å²) in [6.07, 6.45) is 0.436. The van der Waals surface area contributed by atoms with Crippen LogP contribution in [0.4, 0.5) is 0 Å². The first-order chi connectivity index (χ1) is 14.3. The molecule has 0 bridgehead atoms. The van der Waals surface area contributed by atoms with Crippen molar-refractivity contribution in [3.05, 3.63) is 69.2 Å². The Hall–Kier alpha value is -3.06. The van der Waals surface area contributed by atoms with Crippen LogP contribution >= 0.6 is 23.2 Å². The van der Waals surface area contributed by atoms with Gasteiger partial charge in [0.1, 0.15) is 0 Å². The number of halogens is 2. The van der Waals surface area contributed by atoms with E-state index < -0.39 is 11.8 Å². The molecule has 1 aromatic heterocycles. The van der Waals surface area contributed by atoms with Gasteiger partial charge in [0.15, 0.2) is 0 Å². The van der Waals surface area contributed by atoms with E-state index in [0.717, 1.165) is 33.0 Å². The van der Waals surface area contributed by atoms with Gasteiger partial charge in [-0.25, -0.2) is 0 Å². The van der Waals surface area contributed by atoms with E-state index in [9.17, 15) is 9.59 Å². The van der Waals surface area contributed by atoms with Gasteiger partial charge in [-0.2, -0.15) is 0 Å². The Morgan fingerprint density at radius 2 is 1.67 bits per heavy atom. The van der Waals surface area contributed by atoms with Crippen LogP contribution < -0.4 is 17.2 Å². The van der Waals surface area contributed by atoms with Gasteiger partial charge >= 0.3 is 0 Å². The molecule has 1 heterocycles. The molecule has 8 heteroatoms. The van der Waals surface area contributed by atoms with E-state index in [1.807, 2.05) is 12.1 Å². The zero-order valence-electron chi connectivity index (χ0n) is 15.8. The number of benzene rings is 3. The number of primary amides is 2. The molecule has 0 aliphatic carbocycles. The smallest absolute Gasteiger partial charge is 0.251 e. The second kappa shape index (κ2) is 7.65. The number of rotatable bonds is 5. The summed E-state index contributed by atoms with van der Waals surface area (Å²) in [7, 11) is 0. The first-order valence-corrected chi connectivity index (χ1v) is 9.93. The van der Waals surface area contributed by atoms with E-state index >= 15 is 0 Å². The number of aromatic nitrogens is 1. The monoisotopic (exact) mass is 440 g/mol. The van der Waals surface area contributed by atoms with Crippen molar-refractivity contribution in [2.75, 3.05) is 6.54 Å². The van der Waals surface area contributed by atoms with Crippen molar-refractivity contribution < 1.29 is 9.59 Å². The quantitative estimate of drug-likeness (QED) is 0.374. The standard InChI is InChI=1S/C22H18Cl2N4O2/c23-16-3-1-10(8-17(16)24)13-9-15-14-7-11(21(26)29)2-4-18(14)28-20(15)19(22(27)30)12(13)5-6-25/h1-4,7-9,28H,5-6,25H2,(H2,26,29)(H2,27,30). The van der Waals surface area contributed by atoms with Crippen LogP contribution in [0.15, 0.2) is 42.5 Å². The highest BCUT2D eigenvalue weighted by Gasteiger charge is 2.21. The van der Waals surface area contributed by atoms with Crippen LogP contribution in [0.5, 0.6) is 0 Å². The Balaban J connectivity index is 2.15. The summed E-state index contributed by atoms with van der Waals surface area (Å²) in [5, 5.41) is 2.31. The number of nitrogens with two attached hydrogens (primary N) is 3. The fourth-order valence-electron chi connectivity index (χ4n) is 3.83. The molecule has 0 spiro atoms. The minimum atomic E-state index is -0.577. The normalized spacial score (nSPS) is 11.3. The minimum Gasteiger partial charge on any atom is -0.366 e. The van der Waals surface area contributed by atoms with Crippen molar-refractivity contribution in [2.45, 2.75) is 6.42 Å². The van der Waals surface area contributed by atoms with Gasteiger partial charge in [0.2, 0.25) is 5.91 Å². The van der Waals surface area contributed by atoms with Gasteiger partial charge in [-0.15, -0.1) is 0 Å². The Morgan fingerprint density at radius 1 is 0.900 bits per heavy atom. The topological polar surface area (TPSA) is 128 Å². The third-order valence-corrected chi connectivity index (χ3v) is 5.90. The number of nitrogens with one attached hydrogen (secondary N) is 1. The highest BCUT2D eigenvalue weighted by Crippen LogP contribution is 2.38. The molecule has 0 aliphatic heterocycles. The van der Waals surface area contributed by atoms with Gasteiger partial charge < -0.3 is 22.2 Å². The van der Waals surface area contributed by atoms with Crippen molar-refractivity contribution in [2.24, 2.45) is 17.2 Å². The second-order valence-electron chi connectivity index (χ2n) is 6.98. The van der Waals surface area contributed by atoms with Crippen molar-refractivity contribution in [1.82, 2.24) is 4.98 Å². The van der Waals surface area contributed by atoms with Gasteiger partial charge in [-0.3, -0.25) is 9.59 Å². The van der Waals surface area contributed by atoms with E-state index in [4.69, 9.17) is 40.4 Å². The molecule has 0 unspecified atom stereocenters. The molecule has 0 fully saturated rings. The van der Waals surface area contributed by atoms with Crippen LogP contribution in [0.2, 0.25) is 10.0 Å². The number of hydrogen-bond donors (Lipinski definition) is 4. The summed E-state index contributed by atoms with van der Waals surface area (Å²) >= 11 is 12.3. The number of carbonyl (C=O) groups excluding carboxylic acids is 2. The lowest BCUT2D eigenvalue weighted by Crippen LogP contribution is -2.17. The molecule has 30 heavy (non-hydrogen) atoms. The molecule has 0 saturated heterocycles. The molecular weight excluding hydrogens is 423 g/mol. The summed E-state index contributed by atoms with van der Waals surface area (Å²) in [4.78, 5) is 27.4. The van der Waals surface area contributed by atoms with Gasteiger partial charge in [-0.05, 0) is 66.1 Å². The summed E-state index contributed by atoms with van der Waals surface area (Å²) in [5.74, 6) is -1.11. The Kier molecular flexibility index (Phi) is 5.15. The third kappa shape index (κ3) is 3.29. The van der Waals surface area contributed by atoms with E-state index in [1.54, 1.807) is 30.3 Å². The SMILES string of the molecule is NCCc1c(-c2ccc(Cl)c(Cl)c2)cc2c([nH]c3ccc(C(N)=O)cc32)c1C(N)=O. The maximum Gasteiger partial charge on any atom is 0.251 e. The molecule has 6 nitrogen and oxygen atoms in total. The third-order valence-electron chi connectivity index (χ3n) is 5.16. The zero-order valence-corrected chi connectivity index (χ0v) is 17.3. The molecule has 0 aliphatic rings. The average molecular weight is 441 g/mol. The molecule has 152 valence electrons. The number of hydrogen-bond acceptors (Lipinski definition) is 3. The van der Waals surface area contributed by atoms with Crippen LogP contribution in [0, 0.1) is 0 Å². The zero-order chi connectivity index (χ0) is 21.6. The lowest BCUT2D eigenvalue weighted by atomic mass is 9.90. The van der Waals surface area contributed by atoms with E-state index in [0.29, 0.717) is 39.7 Å². The van der Waals surface area contributed by atoms with Crippen molar-refractivity contribution >= 4 is 56.8 Å². The average Bonchev–Trinajstić information content (AvgIpc) is 3.06. The van der Waals surface area contributed by atoms with Crippen LogP contribution in [-0.2, 0) is 6.42 Å². The molecular formula is C22H18Cl2N4O2. The van der Waals surface area contributed by atoms with Gasteiger partial charge in [-0.1, -0.05) is 29.3 Å². The number of H-pyrrole nitrogens is 1. The minimum absolute atomic E-state index is 0.326. The van der Waals surface area contributed by atoms with Gasteiger partial charge in [0.25, 0.3) is 5.91 Å². The fraction of sp³-hybridized carbons (Fsp3) is 0.0909. The number of amides is 2. The lowest BCUT2D eigenvalue weighted by molar-refractivity contribution is 0.0992. The molecule has 0 radical (unpaired) electrons. The number of fused-ring (bicyclic) bond motifs is 3. The Labute approximate surface area is 181 Å². The molecule has 4 aromatic rings. The fourth-order valence-corrected chi connectivity index (χ4v) is 4.13. The number of carbonyl (C=O) groups is 2. The first kappa shape index (κ1) is 20.2. The molecule has 4 rings (SSSR count). The summed E-state index contributed by atoms with van der Waals surface area (Å²) in [5.41, 5.74) is 21.4. The van der Waals surface area contributed by atoms with Crippen LogP contribution in [0.3, 0.4) is 0 Å². The summed E-state index contributed by atoms with van der Waals surface area (Å²) in [6.45, 7) is 0.326. The predicted octanol–water partition coefficient (Wildman–Crippen LogP) is 3.99. The van der Waals surface area contributed by atoms with E-state index in [1.165, 1.54) is 0 Å². The van der Waals surface area contributed by atoms with Crippen molar-refractivity contribution in [3.63, 3.8) is 0 Å². The van der Waals surface area contributed by atoms with Gasteiger partial charge in [0.05, 0.1) is 21.1 Å². The Morgan fingerprint density at radius 3 is 2.30 bits per heavy atom. The van der Waals surface area contributed by atoms with Crippen molar-refractivity contribution in [1.29, 1.82) is 0 Å². The molecule has 0 saturated carbocycles. The predicted molar refractivity (Wildman–Crippen MR) is 121 cm³/mol. The lowest BCUT2D eigenvalue weighted by Gasteiger charge is -2.15. The summed E-state index contributed by atoms with van der Waals surface area (Å²) in [6, 6.07) is 12.3. The maximum absolute atomic E-state index is 12.5. The Bertz CT molecular complexity index is 1340. The molecule has 3 aromatic carbocycles.